The van der Waals surface area contributed by atoms with E-state index in [1.54, 1.807) is 24.5 Å². The van der Waals surface area contributed by atoms with Crippen molar-refractivity contribution >= 4 is 11.6 Å². The summed E-state index contributed by atoms with van der Waals surface area (Å²) in [5.41, 5.74) is 3.40. The third-order valence-electron chi connectivity index (χ3n) is 4.28. The van der Waals surface area contributed by atoms with E-state index in [0.29, 0.717) is 29.5 Å². The largest absolute Gasteiger partial charge is 0.294 e. The summed E-state index contributed by atoms with van der Waals surface area (Å²) in [6.45, 7) is 1.93. The van der Waals surface area contributed by atoms with Crippen LogP contribution in [0.15, 0.2) is 43.1 Å². The number of benzene rings is 1. The first-order valence-corrected chi connectivity index (χ1v) is 8.34. The molecule has 0 bridgehead atoms. The zero-order valence-electron chi connectivity index (χ0n) is 13.4. The van der Waals surface area contributed by atoms with Gasteiger partial charge in [0, 0.05) is 60.8 Å². The van der Waals surface area contributed by atoms with E-state index in [9.17, 15) is 4.39 Å². The van der Waals surface area contributed by atoms with Crippen LogP contribution in [0.2, 0.25) is 5.02 Å². The average molecular weight is 356 g/mol. The number of halogens is 2. The zero-order valence-corrected chi connectivity index (χ0v) is 14.1. The molecule has 1 aliphatic heterocycles. The van der Waals surface area contributed by atoms with Crippen molar-refractivity contribution in [2.45, 2.75) is 19.5 Å². The molecule has 1 aromatic carbocycles. The number of hydrogen-bond acceptors (Lipinski definition) is 5. The second kappa shape index (κ2) is 6.82. The van der Waals surface area contributed by atoms with Gasteiger partial charge >= 0.3 is 0 Å². The predicted octanol–water partition coefficient (Wildman–Crippen LogP) is 3.28. The highest BCUT2D eigenvalue weighted by Gasteiger charge is 2.21. The van der Waals surface area contributed by atoms with Crippen LogP contribution in [0.3, 0.4) is 0 Å². The number of hydrogen-bond donors (Lipinski definition) is 0. The molecular formula is C18H15ClFN5. The molecule has 5 nitrogen and oxygen atoms in total. The summed E-state index contributed by atoms with van der Waals surface area (Å²) in [6.07, 6.45) is 7.49. The van der Waals surface area contributed by atoms with Crippen molar-refractivity contribution in [2.75, 3.05) is 6.54 Å². The lowest BCUT2D eigenvalue weighted by Crippen LogP contribution is -2.31. The van der Waals surface area contributed by atoms with Crippen molar-refractivity contribution in [1.29, 1.82) is 0 Å². The Bertz CT molecular complexity index is 883. The molecule has 0 radical (unpaired) electrons. The van der Waals surface area contributed by atoms with E-state index in [1.165, 1.54) is 12.4 Å². The minimum Gasteiger partial charge on any atom is -0.294 e. The third kappa shape index (κ3) is 3.36. The Labute approximate surface area is 149 Å². The molecule has 0 N–H and O–H groups in total. The second-order valence-electron chi connectivity index (χ2n) is 5.95. The van der Waals surface area contributed by atoms with Crippen molar-refractivity contribution in [3.05, 3.63) is 70.8 Å². The summed E-state index contributed by atoms with van der Waals surface area (Å²) in [6, 6.07) is 4.78. The van der Waals surface area contributed by atoms with Crippen LogP contribution in [0.25, 0.3) is 11.4 Å². The zero-order chi connectivity index (χ0) is 17.2. The number of nitrogens with zero attached hydrogens (tertiary/aromatic N) is 5. The molecule has 126 valence electrons. The number of rotatable bonds is 3. The fourth-order valence-electron chi connectivity index (χ4n) is 2.97. The summed E-state index contributed by atoms with van der Waals surface area (Å²) >= 11 is 6.13. The highest BCUT2D eigenvalue weighted by atomic mass is 35.5. The van der Waals surface area contributed by atoms with E-state index in [0.717, 1.165) is 29.8 Å². The van der Waals surface area contributed by atoms with E-state index in [2.05, 4.69) is 24.8 Å². The molecule has 0 aliphatic carbocycles. The topological polar surface area (TPSA) is 54.8 Å². The third-order valence-corrected chi connectivity index (χ3v) is 4.63. The molecule has 0 fully saturated rings. The predicted molar refractivity (Wildman–Crippen MR) is 92.3 cm³/mol. The molecule has 0 spiro atoms. The van der Waals surface area contributed by atoms with Gasteiger partial charge in [0.2, 0.25) is 0 Å². The normalized spacial score (nSPS) is 14.3. The lowest BCUT2D eigenvalue weighted by molar-refractivity contribution is 0.239. The SMILES string of the molecule is Fc1cccc(Cl)c1CN1CCc2nc(-c3cncnc3)ncc2C1. The Morgan fingerprint density at radius 2 is 2.00 bits per heavy atom. The Hall–Kier alpha value is -2.44. The molecule has 0 saturated carbocycles. The smallest absolute Gasteiger partial charge is 0.162 e. The molecule has 0 unspecified atom stereocenters. The minimum atomic E-state index is -0.269. The van der Waals surface area contributed by atoms with Crippen LogP contribution in [0.4, 0.5) is 4.39 Å². The van der Waals surface area contributed by atoms with E-state index in [4.69, 9.17) is 11.6 Å². The molecule has 2 aromatic heterocycles. The molecule has 1 aliphatic rings. The first-order chi connectivity index (χ1) is 12.2. The lowest BCUT2D eigenvalue weighted by atomic mass is 10.1. The van der Waals surface area contributed by atoms with Gasteiger partial charge in [-0.25, -0.2) is 24.3 Å². The van der Waals surface area contributed by atoms with E-state index in [-0.39, 0.29) is 5.82 Å². The first kappa shape index (κ1) is 16.1. The van der Waals surface area contributed by atoms with E-state index >= 15 is 0 Å². The van der Waals surface area contributed by atoms with Crippen LogP contribution in [0.1, 0.15) is 16.8 Å². The van der Waals surface area contributed by atoms with Crippen LogP contribution in [0.5, 0.6) is 0 Å². The number of fused-ring (bicyclic) bond motifs is 1. The molecule has 7 heteroatoms. The van der Waals surface area contributed by atoms with Gasteiger partial charge in [-0.05, 0) is 12.1 Å². The van der Waals surface area contributed by atoms with Crippen LogP contribution in [0, 0.1) is 5.82 Å². The van der Waals surface area contributed by atoms with Crippen LogP contribution >= 0.6 is 11.6 Å². The van der Waals surface area contributed by atoms with Gasteiger partial charge in [-0.1, -0.05) is 17.7 Å². The van der Waals surface area contributed by atoms with Crippen molar-refractivity contribution < 1.29 is 4.39 Å². The first-order valence-electron chi connectivity index (χ1n) is 7.96. The van der Waals surface area contributed by atoms with Crippen molar-refractivity contribution in [1.82, 2.24) is 24.8 Å². The van der Waals surface area contributed by atoms with Gasteiger partial charge in [0.1, 0.15) is 12.1 Å². The average Bonchev–Trinajstić information content (AvgIpc) is 2.65. The van der Waals surface area contributed by atoms with Gasteiger partial charge in [0.15, 0.2) is 5.82 Å². The monoisotopic (exact) mass is 355 g/mol. The fourth-order valence-corrected chi connectivity index (χ4v) is 3.19. The standard InChI is InChI=1S/C18H15ClFN5/c19-15-2-1-3-16(20)14(15)10-25-5-4-17-13(9-25)8-23-18(24-17)12-6-21-11-22-7-12/h1-3,6-8,11H,4-5,9-10H2. The quantitative estimate of drug-likeness (QED) is 0.721. The Morgan fingerprint density at radius 3 is 2.80 bits per heavy atom. The molecule has 0 atom stereocenters. The Kier molecular flexibility index (Phi) is 4.38. The Balaban J connectivity index is 1.54. The van der Waals surface area contributed by atoms with E-state index in [1.807, 2.05) is 6.20 Å². The second-order valence-corrected chi connectivity index (χ2v) is 6.36. The van der Waals surface area contributed by atoms with Crippen LogP contribution in [-0.4, -0.2) is 31.4 Å². The summed E-state index contributed by atoms with van der Waals surface area (Å²) in [4.78, 5) is 19.2. The summed E-state index contributed by atoms with van der Waals surface area (Å²) < 4.78 is 14.0. The van der Waals surface area contributed by atoms with Gasteiger partial charge in [0.05, 0.1) is 11.3 Å². The molecule has 0 saturated heterocycles. The summed E-state index contributed by atoms with van der Waals surface area (Å²) in [7, 11) is 0. The van der Waals surface area contributed by atoms with Crippen LogP contribution in [-0.2, 0) is 19.5 Å². The van der Waals surface area contributed by atoms with Crippen molar-refractivity contribution in [3.8, 4) is 11.4 Å². The van der Waals surface area contributed by atoms with Crippen molar-refractivity contribution in [3.63, 3.8) is 0 Å². The highest BCUT2D eigenvalue weighted by molar-refractivity contribution is 6.31. The maximum atomic E-state index is 14.0. The molecule has 25 heavy (non-hydrogen) atoms. The van der Waals surface area contributed by atoms with Gasteiger partial charge in [-0.2, -0.15) is 0 Å². The van der Waals surface area contributed by atoms with Gasteiger partial charge in [-0.3, -0.25) is 4.90 Å². The molecular weight excluding hydrogens is 341 g/mol. The highest BCUT2D eigenvalue weighted by Crippen LogP contribution is 2.25. The van der Waals surface area contributed by atoms with Gasteiger partial charge in [0.25, 0.3) is 0 Å². The van der Waals surface area contributed by atoms with Gasteiger partial charge in [-0.15, -0.1) is 0 Å². The molecule has 3 heterocycles. The summed E-state index contributed by atoms with van der Waals surface area (Å²) in [5, 5.41) is 0.460. The van der Waals surface area contributed by atoms with Gasteiger partial charge < -0.3 is 0 Å². The van der Waals surface area contributed by atoms with Crippen LogP contribution < -0.4 is 0 Å². The number of aromatic nitrogens is 4. The molecule has 4 rings (SSSR count). The van der Waals surface area contributed by atoms with Crippen molar-refractivity contribution in [2.24, 2.45) is 0 Å². The lowest BCUT2D eigenvalue weighted by Gasteiger charge is -2.28. The van der Waals surface area contributed by atoms with E-state index < -0.39 is 0 Å². The minimum absolute atomic E-state index is 0.269. The fraction of sp³-hybridized carbons (Fsp3) is 0.222. The maximum Gasteiger partial charge on any atom is 0.162 e. The summed E-state index contributed by atoms with van der Waals surface area (Å²) in [5.74, 6) is 0.360. The maximum absolute atomic E-state index is 14.0. The molecule has 0 amide bonds. The molecule has 3 aromatic rings. The Morgan fingerprint density at radius 1 is 1.16 bits per heavy atom.